The Kier molecular flexibility index (Phi) is 4.55. The van der Waals surface area contributed by atoms with Crippen molar-refractivity contribution in [2.45, 2.75) is 19.1 Å². The van der Waals surface area contributed by atoms with E-state index < -0.39 is 17.8 Å². The molecule has 2 aromatic rings. The van der Waals surface area contributed by atoms with Crippen molar-refractivity contribution in [3.63, 3.8) is 0 Å². The standard InChI is InChI=1S/C14H13BrF3NO/c1-2-19-13(11-6-7-12(15)20-11)9-4-3-5-10(8-9)14(16,17)18/h3-8,13,19H,2H2,1H3. The molecule has 1 atom stereocenters. The molecule has 0 aliphatic carbocycles. The van der Waals surface area contributed by atoms with E-state index in [0.717, 1.165) is 12.1 Å². The number of furan rings is 1. The van der Waals surface area contributed by atoms with Crippen LogP contribution in [-0.4, -0.2) is 6.54 Å². The van der Waals surface area contributed by atoms with Crippen LogP contribution in [0.4, 0.5) is 13.2 Å². The van der Waals surface area contributed by atoms with Gasteiger partial charge in [0.1, 0.15) is 5.76 Å². The predicted octanol–water partition coefficient (Wildman–Crippen LogP) is 4.76. The van der Waals surface area contributed by atoms with E-state index in [1.807, 2.05) is 6.92 Å². The van der Waals surface area contributed by atoms with Gasteiger partial charge in [0.2, 0.25) is 0 Å². The van der Waals surface area contributed by atoms with Crippen LogP contribution in [0.15, 0.2) is 45.5 Å². The maximum absolute atomic E-state index is 12.8. The van der Waals surface area contributed by atoms with E-state index in [-0.39, 0.29) is 0 Å². The molecule has 2 rings (SSSR count). The Hall–Kier alpha value is -1.27. The molecule has 0 fully saturated rings. The summed E-state index contributed by atoms with van der Waals surface area (Å²) >= 11 is 3.20. The monoisotopic (exact) mass is 347 g/mol. The van der Waals surface area contributed by atoms with Crippen LogP contribution in [0.3, 0.4) is 0 Å². The van der Waals surface area contributed by atoms with Crippen LogP contribution < -0.4 is 5.32 Å². The van der Waals surface area contributed by atoms with Crippen LogP contribution >= 0.6 is 15.9 Å². The van der Waals surface area contributed by atoms with E-state index in [1.165, 1.54) is 6.07 Å². The number of alkyl halides is 3. The summed E-state index contributed by atoms with van der Waals surface area (Å²) in [7, 11) is 0. The fourth-order valence-electron chi connectivity index (χ4n) is 1.96. The van der Waals surface area contributed by atoms with Crippen LogP contribution in [0.2, 0.25) is 0 Å². The molecule has 0 saturated carbocycles. The Bertz CT molecular complexity index is 580. The van der Waals surface area contributed by atoms with Crippen LogP contribution in [0.1, 0.15) is 29.9 Å². The molecule has 1 N–H and O–H groups in total. The van der Waals surface area contributed by atoms with Gasteiger partial charge in [0.25, 0.3) is 0 Å². The first-order valence-corrected chi connectivity index (χ1v) is 6.87. The van der Waals surface area contributed by atoms with Gasteiger partial charge < -0.3 is 9.73 Å². The number of nitrogens with one attached hydrogen (secondary N) is 1. The predicted molar refractivity (Wildman–Crippen MR) is 73.4 cm³/mol. The topological polar surface area (TPSA) is 25.2 Å². The van der Waals surface area contributed by atoms with Crippen LogP contribution in [0.25, 0.3) is 0 Å². The minimum Gasteiger partial charge on any atom is -0.452 e. The Morgan fingerprint density at radius 1 is 1.25 bits per heavy atom. The number of hydrogen-bond acceptors (Lipinski definition) is 2. The lowest BCUT2D eigenvalue weighted by atomic mass is 10.0. The maximum atomic E-state index is 12.8. The number of rotatable bonds is 4. The first kappa shape index (κ1) is 15.1. The Balaban J connectivity index is 2.39. The molecule has 1 aromatic heterocycles. The van der Waals surface area contributed by atoms with Crippen LogP contribution in [0, 0.1) is 0 Å². The van der Waals surface area contributed by atoms with Crippen LogP contribution in [-0.2, 0) is 6.18 Å². The molecule has 20 heavy (non-hydrogen) atoms. The molecule has 0 spiro atoms. The molecule has 0 radical (unpaired) electrons. The zero-order valence-corrected chi connectivity index (χ0v) is 12.3. The number of hydrogen-bond donors (Lipinski definition) is 1. The molecule has 0 saturated heterocycles. The summed E-state index contributed by atoms with van der Waals surface area (Å²) in [6, 6.07) is 8.30. The van der Waals surface area contributed by atoms with Gasteiger partial charge in [0, 0.05) is 0 Å². The first-order chi connectivity index (χ1) is 9.41. The van der Waals surface area contributed by atoms with Gasteiger partial charge in [-0.15, -0.1) is 0 Å². The average molecular weight is 348 g/mol. The normalized spacial score (nSPS) is 13.4. The SMILES string of the molecule is CCNC(c1cccc(C(F)(F)F)c1)c1ccc(Br)o1. The average Bonchev–Trinajstić information content (AvgIpc) is 2.81. The third-order valence-electron chi connectivity index (χ3n) is 2.83. The Labute approximate surface area is 123 Å². The quantitative estimate of drug-likeness (QED) is 0.862. The molecule has 1 heterocycles. The lowest BCUT2D eigenvalue weighted by molar-refractivity contribution is -0.137. The molecule has 0 aliphatic heterocycles. The van der Waals surface area contributed by atoms with Crippen molar-refractivity contribution < 1.29 is 17.6 Å². The van der Waals surface area contributed by atoms with Gasteiger partial charge in [-0.1, -0.05) is 19.1 Å². The van der Waals surface area contributed by atoms with E-state index >= 15 is 0 Å². The minimum absolute atomic E-state index is 0.409. The third kappa shape index (κ3) is 3.43. The highest BCUT2D eigenvalue weighted by molar-refractivity contribution is 9.10. The summed E-state index contributed by atoms with van der Waals surface area (Å²) in [6.07, 6.45) is -4.35. The van der Waals surface area contributed by atoms with Gasteiger partial charge in [-0.3, -0.25) is 0 Å². The smallest absolute Gasteiger partial charge is 0.416 e. The zero-order chi connectivity index (χ0) is 14.8. The molecule has 0 bridgehead atoms. The minimum atomic E-state index is -4.35. The molecule has 2 nitrogen and oxygen atoms in total. The van der Waals surface area contributed by atoms with Crippen molar-refractivity contribution >= 4 is 15.9 Å². The molecule has 108 valence electrons. The second kappa shape index (κ2) is 6.01. The zero-order valence-electron chi connectivity index (χ0n) is 10.7. The molecule has 6 heteroatoms. The van der Waals surface area contributed by atoms with E-state index in [1.54, 1.807) is 18.2 Å². The molecule has 1 unspecified atom stereocenters. The fraction of sp³-hybridized carbons (Fsp3) is 0.286. The summed E-state index contributed by atoms with van der Waals surface area (Å²) in [4.78, 5) is 0. The lowest BCUT2D eigenvalue weighted by Crippen LogP contribution is -2.22. The number of halogens is 4. The van der Waals surface area contributed by atoms with Crippen molar-refractivity contribution in [2.75, 3.05) is 6.54 Å². The first-order valence-electron chi connectivity index (χ1n) is 6.07. The molecular formula is C14H13BrF3NO. The highest BCUT2D eigenvalue weighted by Gasteiger charge is 2.31. The molecular weight excluding hydrogens is 335 g/mol. The Morgan fingerprint density at radius 3 is 2.55 bits per heavy atom. The highest BCUT2D eigenvalue weighted by Crippen LogP contribution is 2.32. The van der Waals surface area contributed by atoms with Crippen molar-refractivity contribution in [1.82, 2.24) is 5.32 Å². The second-order valence-corrected chi connectivity index (χ2v) is 5.04. The fourth-order valence-corrected chi connectivity index (χ4v) is 2.28. The van der Waals surface area contributed by atoms with E-state index in [0.29, 0.717) is 22.5 Å². The summed E-state index contributed by atoms with van der Waals surface area (Å²) in [5.74, 6) is 0.568. The van der Waals surface area contributed by atoms with Gasteiger partial charge in [0.15, 0.2) is 4.67 Å². The summed E-state index contributed by atoms with van der Waals surface area (Å²) in [5.41, 5.74) is -0.146. The molecule has 1 aromatic carbocycles. The van der Waals surface area contributed by atoms with Gasteiger partial charge >= 0.3 is 6.18 Å². The molecule has 0 aliphatic rings. The van der Waals surface area contributed by atoms with Gasteiger partial charge in [-0.05, 0) is 52.3 Å². The second-order valence-electron chi connectivity index (χ2n) is 4.26. The van der Waals surface area contributed by atoms with Crippen molar-refractivity contribution in [3.8, 4) is 0 Å². The Morgan fingerprint density at radius 2 is 2.00 bits per heavy atom. The summed E-state index contributed by atoms with van der Waals surface area (Å²) in [6.45, 7) is 2.50. The molecule has 0 amide bonds. The number of benzene rings is 1. The van der Waals surface area contributed by atoms with Gasteiger partial charge in [0.05, 0.1) is 11.6 Å². The van der Waals surface area contributed by atoms with Gasteiger partial charge in [-0.25, -0.2) is 0 Å². The van der Waals surface area contributed by atoms with Gasteiger partial charge in [-0.2, -0.15) is 13.2 Å². The summed E-state index contributed by atoms with van der Waals surface area (Å²) in [5, 5.41) is 3.13. The van der Waals surface area contributed by atoms with E-state index in [4.69, 9.17) is 4.42 Å². The third-order valence-corrected chi connectivity index (χ3v) is 3.26. The lowest BCUT2D eigenvalue weighted by Gasteiger charge is -2.17. The van der Waals surface area contributed by atoms with E-state index in [9.17, 15) is 13.2 Å². The van der Waals surface area contributed by atoms with E-state index in [2.05, 4.69) is 21.2 Å². The maximum Gasteiger partial charge on any atom is 0.416 e. The highest BCUT2D eigenvalue weighted by atomic mass is 79.9. The van der Waals surface area contributed by atoms with Crippen molar-refractivity contribution in [1.29, 1.82) is 0 Å². The summed E-state index contributed by atoms with van der Waals surface area (Å²) < 4.78 is 44.3. The largest absolute Gasteiger partial charge is 0.452 e. The van der Waals surface area contributed by atoms with Crippen LogP contribution in [0.5, 0.6) is 0 Å². The van der Waals surface area contributed by atoms with Crippen molar-refractivity contribution in [2.24, 2.45) is 0 Å². The van der Waals surface area contributed by atoms with Crippen molar-refractivity contribution in [3.05, 3.63) is 58.0 Å².